The molecule has 3 rings (SSSR count). The molecule has 0 fully saturated rings. The summed E-state index contributed by atoms with van der Waals surface area (Å²) in [6.07, 6.45) is 3.36. The molecule has 19 heavy (non-hydrogen) atoms. The van der Waals surface area contributed by atoms with Crippen LogP contribution in [0.2, 0.25) is 0 Å². The first kappa shape index (κ1) is 11.6. The van der Waals surface area contributed by atoms with E-state index < -0.39 is 0 Å². The van der Waals surface area contributed by atoms with Gasteiger partial charge in [-0.15, -0.1) is 0 Å². The van der Waals surface area contributed by atoms with Crippen molar-refractivity contribution in [2.75, 3.05) is 24.5 Å². The first-order chi connectivity index (χ1) is 9.35. The highest BCUT2D eigenvalue weighted by molar-refractivity contribution is 5.46. The molecule has 0 atom stereocenters. The van der Waals surface area contributed by atoms with Crippen LogP contribution < -0.4 is 20.1 Å². The SMILES string of the molecule is CNc1cncc(NCc2ccc3c(c2)OCO3)n1. The van der Waals surface area contributed by atoms with Gasteiger partial charge in [0.1, 0.15) is 11.6 Å². The highest BCUT2D eigenvalue weighted by atomic mass is 16.7. The van der Waals surface area contributed by atoms with Crippen LogP contribution in [0.4, 0.5) is 11.6 Å². The van der Waals surface area contributed by atoms with Crippen LogP contribution >= 0.6 is 0 Å². The Hall–Kier alpha value is -2.50. The van der Waals surface area contributed by atoms with E-state index in [0.717, 1.165) is 28.7 Å². The molecule has 98 valence electrons. The van der Waals surface area contributed by atoms with Gasteiger partial charge in [0.05, 0.1) is 12.4 Å². The van der Waals surface area contributed by atoms with E-state index in [2.05, 4.69) is 20.6 Å². The highest BCUT2D eigenvalue weighted by Gasteiger charge is 2.12. The van der Waals surface area contributed by atoms with Crippen molar-refractivity contribution in [1.29, 1.82) is 0 Å². The van der Waals surface area contributed by atoms with Crippen LogP contribution in [0, 0.1) is 0 Å². The summed E-state index contributed by atoms with van der Waals surface area (Å²) in [7, 11) is 1.81. The quantitative estimate of drug-likeness (QED) is 0.872. The first-order valence-corrected chi connectivity index (χ1v) is 5.97. The van der Waals surface area contributed by atoms with Crippen molar-refractivity contribution in [3.05, 3.63) is 36.2 Å². The van der Waals surface area contributed by atoms with Gasteiger partial charge in [0.25, 0.3) is 0 Å². The maximum absolute atomic E-state index is 5.34. The lowest BCUT2D eigenvalue weighted by Gasteiger charge is -2.07. The van der Waals surface area contributed by atoms with Gasteiger partial charge in [0.2, 0.25) is 6.79 Å². The lowest BCUT2D eigenvalue weighted by Crippen LogP contribution is -2.03. The molecule has 0 spiro atoms. The number of aromatic nitrogens is 2. The minimum atomic E-state index is 0.294. The third-order valence-electron chi connectivity index (χ3n) is 2.80. The standard InChI is InChI=1S/C13H14N4O2/c1-14-12-6-15-7-13(17-12)16-5-9-2-3-10-11(4-9)19-8-18-10/h2-4,6-7H,5,8H2,1H3,(H2,14,16,17). The van der Waals surface area contributed by atoms with Gasteiger partial charge in [-0.3, -0.25) is 4.98 Å². The fourth-order valence-electron chi connectivity index (χ4n) is 1.82. The number of nitrogens with one attached hydrogen (secondary N) is 2. The summed E-state index contributed by atoms with van der Waals surface area (Å²) in [6, 6.07) is 5.87. The predicted molar refractivity (Wildman–Crippen MR) is 71.5 cm³/mol. The summed E-state index contributed by atoms with van der Waals surface area (Å²) >= 11 is 0. The van der Waals surface area contributed by atoms with Gasteiger partial charge in [-0.25, -0.2) is 4.98 Å². The van der Waals surface area contributed by atoms with Gasteiger partial charge in [-0.05, 0) is 17.7 Å². The predicted octanol–water partition coefficient (Wildman–Crippen LogP) is 1.86. The maximum Gasteiger partial charge on any atom is 0.231 e. The lowest BCUT2D eigenvalue weighted by molar-refractivity contribution is 0.174. The summed E-state index contributed by atoms with van der Waals surface area (Å²) < 4.78 is 10.6. The van der Waals surface area contributed by atoms with Gasteiger partial charge in [0.15, 0.2) is 11.5 Å². The molecule has 1 aliphatic heterocycles. The van der Waals surface area contributed by atoms with Crippen LogP contribution in [0.25, 0.3) is 0 Å². The Bertz CT molecular complexity index is 589. The molecule has 2 aromatic rings. The van der Waals surface area contributed by atoms with Crippen molar-refractivity contribution in [3.8, 4) is 11.5 Å². The van der Waals surface area contributed by atoms with Crippen LogP contribution in [0.3, 0.4) is 0 Å². The fourth-order valence-corrected chi connectivity index (χ4v) is 1.82. The van der Waals surface area contributed by atoms with Gasteiger partial charge >= 0.3 is 0 Å². The number of ether oxygens (including phenoxy) is 2. The zero-order valence-electron chi connectivity index (χ0n) is 10.5. The molecule has 6 heteroatoms. The molecule has 2 N–H and O–H groups in total. The molecule has 1 aliphatic rings. The smallest absolute Gasteiger partial charge is 0.231 e. The van der Waals surface area contributed by atoms with E-state index in [1.54, 1.807) is 12.4 Å². The molecule has 0 unspecified atom stereocenters. The molecule has 0 bridgehead atoms. The number of anilines is 2. The maximum atomic E-state index is 5.34. The number of rotatable bonds is 4. The average Bonchev–Trinajstić information content (AvgIpc) is 2.93. The van der Waals surface area contributed by atoms with Crippen LogP contribution in [-0.4, -0.2) is 23.8 Å². The topological polar surface area (TPSA) is 68.3 Å². The van der Waals surface area contributed by atoms with Crippen LogP contribution in [0.1, 0.15) is 5.56 Å². The average molecular weight is 258 g/mol. The van der Waals surface area contributed by atoms with E-state index in [4.69, 9.17) is 9.47 Å². The molecule has 1 aromatic carbocycles. The normalized spacial score (nSPS) is 12.3. The van der Waals surface area contributed by atoms with E-state index in [-0.39, 0.29) is 0 Å². The second kappa shape index (κ2) is 5.01. The van der Waals surface area contributed by atoms with Crippen LogP contribution in [-0.2, 0) is 6.54 Å². The van der Waals surface area contributed by atoms with Crippen molar-refractivity contribution in [3.63, 3.8) is 0 Å². The Morgan fingerprint density at radius 1 is 1.16 bits per heavy atom. The molecule has 0 saturated heterocycles. The molecule has 6 nitrogen and oxygen atoms in total. The van der Waals surface area contributed by atoms with E-state index >= 15 is 0 Å². The molecule has 2 heterocycles. The van der Waals surface area contributed by atoms with Crippen molar-refractivity contribution in [2.24, 2.45) is 0 Å². The van der Waals surface area contributed by atoms with Crippen molar-refractivity contribution >= 4 is 11.6 Å². The first-order valence-electron chi connectivity index (χ1n) is 5.97. The van der Waals surface area contributed by atoms with E-state index in [1.807, 2.05) is 25.2 Å². The van der Waals surface area contributed by atoms with E-state index in [9.17, 15) is 0 Å². The minimum absolute atomic E-state index is 0.294. The summed E-state index contributed by atoms with van der Waals surface area (Å²) in [5, 5.41) is 6.17. The monoisotopic (exact) mass is 258 g/mol. The van der Waals surface area contributed by atoms with Crippen molar-refractivity contribution in [2.45, 2.75) is 6.54 Å². The van der Waals surface area contributed by atoms with Crippen LogP contribution in [0.5, 0.6) is 11.5 Å². The Kier molecular flexibility index (Phi) is 3.06. The van der Waals surface area contributed by atoms with E-state index in [1.165, 1.54) is 0 Å². The largest absolute Gasteiger partial charge is 0.454 e. The van der Waals surface area contributed by atoms with Crippen LogP contribution in [0.15, 0.2) is 30.6 Å². The molecule has 0 radical (unpaired) electrons. The molecular weight excluding hydrogens is 244 g/mol. The molecule has 0 saturated carbocycles. The summed E-state index contributed by atoms with van der Waals surface area (Å²) in [5.41, 5.74) is 1.10. The summed E-state index contributed by atoms with van der Waals surface area (Å²) in [6.45, 7) is 0.945. The third-order valence-corrected chi connectivity index (χ3v) is 2.80. The zero-order valence-corrected chi connectivity index (χ0v) is 10.5. The minimum Gasteiger partial charge on any atom is -0.454 e. The third kappa shape index (κ3) is 2.52. The molecule has 1 aromatic heterocycles. The second-order valence-electron chi connectivity index (χ2n) is 4.08. The Balaban J connectivity index is 1.68. The zero-order chi connectivity index (χ0) is 13.1. The van der Waals surface area contributed by atoms with Gasteiger partial charge < -0.3 is 20.1 Å². The Morgan fingerprint density at radius 3 is 2.89 bits per heavy atom. The molecule has 0 aliphatic carbocycles. The number of nitrogens with zero attached hydrogens (tertiary/aromatic N) is 2. The summed E-state index contributed by atoms with van der Waals surface area (Å²) in [5.74, 6) is 3.04. The van der Waals surface area contributed by atoms with Gasteiger partial charge in [-0.1, -0.05) is 6.07 Å². The number of hydrogen-bond donors (Lipinski definition) is 2. The van der Waals surface area contributed by atoms with Gasteiger partial charge in [0, 0.05) is 13.6 Å². The molecule has 0 amide bonds. The number of hydrogen-bond acceptors (Lipinski definition) is 6. The van der Waals surface area contributed by atoms with Crippen molar-refractivity contribution in [1.82, 2.24) is 9.97 Å². The van der Waals surface area contributed by atoms with Gasteiger partial charge in [-0.2, -0.15) is 0 Å². The summed E-state index contributed by atoms with van der Waals surface area (Å²) in [4.78, 5) is 8.43. The Labute approximate surface area is 110 Å². The Morgan fingerprint density at radius 2 is 2.00 bits per heavy atom. The molecular formula is C13H14N4O2. The second-order valence-corrected chi connectivity index (χ2v) is 4.08. The van der Waals surface area contributed by atoms with E-state index in [0.29, 0.717) is 13.3 Å². The fraction of sp³-hybridized carbons (Fsp3) is 0.231. The highest BCUT2D eigenvalue weighted by Crippen LogP contribution is 2.32. The number of benzene rings is 1. The number of fused-ring (bicyclic) bond motifs is 1. The van der Waals surface area contributed by atoms with Crippen molar-refractivity contribution < 1.29 is 9.47 Å². The lowest BCUT2D eigenvalue weighted by atomic mass is 10.2.